The molecule has 4 aromatic carbocycles. The monoisotopic (exact) mass is 908 g/mol. The van der Waals surface area contributed by atoms with Crippen molar-refractivity contribution in [2.24, 2.45) is 0 Å². The highest BCUT2D eigenvalue weighted by Gasteiger charge is 2.31. The number of halogens is 1. The Hall–Kier alpha value is -6.79. The summed E-state index contributed by atoms with van der Waals surface area (Å²) in [5.74, 6) is 0.756. The van der Waals surface area contributed by atoms with Crippen molar-refractivity contribution in [2.45, 2.75) is 71.4 Å². The first-order chi connectivity index (χ1) is 31.9. The molecule has 2 saturated heterocycles. The summed E-state index contributed by atoms with van der Waals surface area (Å²) >= 11 is 6.88. The van der Waals surface area contributed by atoms with E-state index in [2.05, 4.69) is 58.3 Å². The lowest BCUT2D eigenvalue weighted by Crippen LogP contribution is -2.43. The largest absolute Gasteiger partial charge is 0.488 e. The van der Waals surface area contributed by atoms with Gasteiger partial charge >= 0.3 is 0 Å². The zero-order valence-corrected chi connectivity index (χ0v) is 38.1. The number of carbonyl (C=O) groups excluding carboxylic acids is 4. The minimum atomic E-state index is -0.218. The number of nitrogens with zero attached hydrogens (tertiary/aromatic N) is 4. The lowest BCUT2D eigenvalue weighted by atomic mass is 9.89. The van der Waals surface area contributed by atoms with Crippen LogP contribution in [0.3, 0.4) is 0 Å². The summed E-state index contributed by atoms with van der Waals surface area (Å²) < 4.78 is 12.8. The molecule has 14 nitrogen and oxygen atoms in total. The number of carbonyl (C=O) groups is 4. The van der Waals surface area contributed by atoms with Crippen molar-refractivity contribution in [3.8, 4) is 39.8 Å². The van der Waals surface area contributed by atoms with Crippen molar-refractivity contribution in [1.29, 1.82) is 5.26 Å². The maximum absolute atomic E-state index is 13.8. The van der Waals surface area contributed by atoms with Crippen LogP contribution < -0.4 is 35.6 Å². The molecule has 0 bridgehead atoms. The third kappa shape index (κ3) is 10.5. The van der Waals surface area contributed by atoms with E-state index in [4.69, 9.17) is 21.1 Å². The van der Waals surface area contributed by atoms with Crippen molar-refractivity contribution < 1.29 is 28.7 Å². The highest BCUT2D eigenvalue weighted by Crippen LogP contribution is 2.38. The molecule has 0 aliphatic carbocycles. The van der Waals surface area contributed by atoms with Gasteiger partial charge in [0.1, 0.15) is 37.3 Å². The van der Waals surface area contributed by atoms with E-state index < -0.39 is 0 Å². The molecule has 2 unspecified atom stereocenters. The van der Waals surface area contributed by atoms with Crippen molar-refractivity contribution in [3.05, 3.63) is 129 Å². The van der Waals surface area contributed by atoms with Gasteiger partial charge in [0.15, 0.2) is 0 Å². The maximum atomic E-state index is 13.8. The van der Waals surface area contributed by atoms with Crippen LogP contribution in [-0.4, -0.2) is 85.4 Å². The van der Waals surface area contributed by atoms with Crippen LogP contribution in [0.5, 0.6) is 11.5 Å². The maximum Gasteiger partial charge on any atom is 0.256 e. The predicted molar refractivity (Wildman–Crippen MR) is 252 cm³/mol. The van der Waals surface area contributed by atoms with Gasteiger partial charge < -0.3 is 40.5 Å². The molecule has 15 heteroatoms. The van der Waals surface area contributed by atoms with Gasteiger partial charge in [0, 0.05) is 94.3 Å². The topological polar surface area (TPSA) is 178 Å². The van der Waals surface area contributed by atoms with Crippen LogP contribution in [0.25, 0.3) is 22.3 Å². The molecule has 3 aliphatic heterocycles. The van der Waals surface area contributed by atoms with Gasteiger partial charge in [-0.2, -0.15) is 5.26 Å². The number of rotatable bonds is 17. The predicted octanol–water partition coefficient (Wildman–Crippen LogP) is 6.37. The molecular formula is C51H53ClN8O6. The van der Waals surface area contributed by atoms with E-state index in [1.54, 1.807) is 30.3 Å². The van der Waals surface area contributed by atoms with Gasteiger partial charge in [0.2, 0.25) is 17.7 Å². The number of fused-ring (bicyclic) bond motifs is 1. The number of pyridine rings is 1. The van der Waals surface area contributed by atoms with Gasteiger partial charge in [-0.15, -0.1) is 0 Å². The van der Waals surface area contributed by atoms with E-state index in [9.17, 15) is 24.4 Å². The van der Waals surface area contributed by atoms with E-state index in [0.29, 0.717) is 78.9 Å². The summed E-state index contributed by atoms with van der Waals surface area (Å²) in [6.07, 6.45) is 5.78. The Morgan fingerprint density at radius 2 is 1.48 bits per heavy atom. The first kappa shape index (κ1) is 45.8. The zero-order valence-electron chi connectivity index (χ0n) is 37.3. The molecule has 8 rings (SSSR count). The number of nitriles is 1. The molecule has 0 spiro atoms. The molecule has 66 heavy (non-hydrogen) atoms. The number of anilines is 1. The lowest BCUT2D eigenvalue weighted by molar-refractivity contribution is -0.120. The summed E-state index contributed by atoms with van der Waals surface area (Å²) in [6, 6.07) is 25.6. The molecule has 2 atom stereocenters. The fourth-order valence-corrected chi connectivity index (χ4v) is 9.08. The minimum Gasteiger partial charge on any atom is -0.488 e. The van der Waals surface area contributed by atoms with E-state index >= 15 is 0 Å². The Balaban J connectivity index is 1.00. The van der Waals surface area contributed by atoms with Gasteiger partial charge in [-0.05, 0) is 89.9 Å². The summed E-state index contributed by atoms with van der Waals surface area (Å²) in [4.78, 5) is 57.9. The molecule has 1 aromatic heterocycles. The average Bonchev–Trinajstić information content (AvgIpc) is 3.92. The minimum absolute atomic E-state index is 0.0281. The normalized spacial score (nSPS) is 17.0. The molecule has 4 N–H and O–H groups in total. The van der Waals surface area contributed by atoms with Gasteiger partial charge in [-0.1, -0.05) is 54.1 Å². The van der Waals surface area contributed by atoms with Gasteiger partial charge in [-0.3, -0.25) is 24.2 Å². The Bertz CT molecular complexity index is 2720. The zero-order chi connectivity index (χ0) is 46.3. The third-order valence-corrected chi connectivity index (χ3v) is 12.8. The van der Waals surface area contributed by atoms with E-state index in [0.717, 1.165) is 62.9 Å². The Morgan fingerprint density at radius 3 is 2.21 bits per heavy atom. The summed E-state index contributed by atoms with van der Waals surface area (Å²) in [7, 11) is 1.65. The standard InChI is InChI=1S/C51H53ClN8O6/c1-31-36(30-66-47-21-46(65-29-34-18-33(22-53)23-55-24-34)37(20-44(47)52)25-56-27-39-12-15-49(62)58-39)6-4-8-41(31)42-9-5-7-40(32(42)2)35-10-13-45-43(19-35)51(64)59(3)28-50(63)60(45)17-16-54-26-38-11-14-48(61)57-38/h4-10,13,18-21,23-24,38-39,54,56H,11-12,14-17,25-30H2,1-3H3,(H,57,61)(H,58,62). The van der Waals surface area contributed by atoms with E-state index in [1.807, 2.05) is 48.5 Å². The second kappa shape index (κ2) is 20.6. The molecule has 5 aromatic rings. The number of amides is 4. The van der Waals surface area contributed by atoms with E-state index in [-0.39, 0.29) is 55.5 Å². The molecule has 4 heterocycles. The fraction of sp³-hybridized carbons (Fsp3) is 0.333. The van der Waals surface area contributed by atoms with E-state index in [1.165, 1.54) is 11.1 Å². The second-order valence-corrected chi connectivity index (χ2v) is 17.5. The summed E-state index contributed by atoms with van der Waals surface area (Å²) in [5.41, 5.74) is 9.95. The molecular weight excluding hydrogens is 856 g/mol. The number of nitrogens with one attached hydrogen (secondary N) is 4. The second-order valence-electron chi connectivity index (χ2n) is 17.1. The summed E-state index contributed by atoms with van der Waals surface area (Å²) in [5, 5.41) is 22.5. The van der Waals surface area contributed by atoms with Gasteiger partial charge in [-0.25, -0.2) is 0 Å². The number of hydrogen-bond acceptors (Lipinski definition) is 10. The smallest absolute Gasteiger partial charge is 0.256 e. The van der Waals surface area contributed by atoms with Crippen LogP contribution in [0.1, 0.15) is 69.4 Å². The number of likely N-dealkylation sites (N-methyl/N-ethyl adjacent to an activating group) is 1. The Labute approximate surface area is 389 Å². The third-order valence-electron chi connectivity index (χ3n) is 12.5. The van der Waals surface area contributed by atoms with Crippen LogP contribution in [0, 0.1) is 25.2 Å². The average molecular weight is 909 g/mol. The first-order valence-corrected chi connectivity index (χ1v) is 22.6. The number of benzene rings is 4. The Morgan fingerprint density at radius 1 is 0.788 bits per heavy atom. The Kier molecular flexibility index (Phi) is 14.3. The van der Waals surface area contributed by atoms with Crippen molar-refractivity contribution >= 4 is 40.9 Å². The van der Waals surface area contributed by atoms with Crippen molar-refractivity contribution in [3.63, 3.8) is 0 Å². The molecule has 0 saturated carbocycles. The number of hydrogen-bond donors (Lipinski definition) is 4. The van der Waals surface area contributed by atoms with Gasteiger partial charge in [0.05, 0.1) is 21.8 Å². The highest BCUT2D eigenvalue weighted by molar-refractivity contribution is 6.32. The van der Waals surface area contributed by atoms with Crippen LogP contribution in [0.2, 0.25) is 5.02 Å². The van der Waals surface area contributed by atoms with Crippen LogP contribution in [-0.2, 0) is 34.1 Å². The molecule has 3 aliphatic rings. The van der Waals surface area contributed by atoms with Crippen molar-refractivity contribution in [2.75, 3.05) is 44.7 Å². The molecule has 340 valence electrons. The van der Waals surface area contributed by atoms with Crippen LogP contribution in [0.15, 0.2) is 85.2 Å². The first-order valence-electron chi connectivity index (χ1n) is 22.3. The SMILES string of the molecule is Cc1c(COc2cc(OCc3cncc(C#N)c3)c(CNCC3CCC(=O)N3)cc2Cl)cccc1-c1cccc(-c2ccc3c(c2)C(=O)N(C)CC(=O)N3CCNCC2CCC(=O)N2)c1C. The molecule has 0 radical (unpaired) electrons. The van der Waals surface area contributed by atoms with Gasteiger partial charge in [0.25, 0.3) is 5.91 Å². The summed E-state index contributed by atoms with van der Waals surface area (Å²) in [6.45, 7) is 7.07. The fourth-order valence-electron chi connectivity index (χ4n) is 8.84. The molecule has 4 amide bonds. The quantitative estimate of drug-likeness (QED) is 0.0767. The molecule has 2 fully saturated rings. The van der Waals surface area contributed by atoms with Crippen molar-refractivity contribution in [1.82, 2.24) is 31.2 Å². The number of aromatic nitrogens is 1. The number of ether oxygens (including phenoxy) is 2. The lowest BCUT2D eigenvalue weighted by Gasteiger charge is -2.23. The van der Waals surface area contributed by atoms with Crippen LogP contribution in [0.4, 0.5) is 5.69 Å². The highest BCUT2D eigenvalue weighted by atomic mass is 35.5. The van der Waals surface area contributed by atoms with Crippen LogP contribution >= 0.6 is 11.6 Å².